The summed E-state index contributed by atoms with van der Waals surface area (Å²) >= 11 is 1.07. The van der Waals surface area contributed by atoms with E-state index < -0.39 is 12.8 Å². The van der Waals surface area contributed by atoms with Crippen LogP contribution in [0.25, 0.3) is 0 Å². The first-order chi connectivity index (χ1) is 5.96. The molecule has 0 bridgehead atoms. The molecule has 0 amide bonds. The van der Waals surface area contributed by atoms with Gasteiger partial charge in [-0.05, 0) is 23.9 Å². The van der Waals surface area contributed by atoms with Crippen molar-refractivity contribution in [1.82, 2.24) is 0 Å². The van der Waals surface area contributed by atoms with E-state index in [-0.39, 0.29) is 10.4 Å². The van der Waals surface area contributed by atoms with Crippen LogP contribution >= 0.6 is 11.3 Å². The van der Waals surface area contributed by atoms with Gasteiger partial charge in [-0.3, -0.25) is 0 Å². The second-order valence-corrected chi connectivity index (χ2v) is 2.57. The number of rotatable bonds is 1. The zero-order valence-corrected chi connectivity index (χ0v) is 6.20. The molecule has 0 aliphatic carbocycles. The number of esters is 1. The summed E-state index contributed by atoms with van der Waals surface area (Å²) in [4.78, 5) is 11.2. The maximum atomic E-state index is 11.1. The largest absolute Gasteiger partial charge is 0.465 e. The Morgan fingerprint density at radius 1 is 1.90 bits per heavy atom. The number of aryl methyl sites for hydroxylation is 1. The number of carbonyl (C=O) groups is 1. The van der Waals surface area contributed by atoms with Gasteiger partial charge in [-0.2, -0.15) is 0 Å². The van der Waals surface area contributed by atoms with E-state index in [1.54, 1.807) is 5.38 Å². The van der Waals surface area contributed by atoms with Crippen LogP contribution in [0.5, 0.6) is 0 Å². The fourth-order valence-electron chi connectivity index (χ4n) is 0.560. The number of methoxy groups -OCH3 is 1. The molecule has 10 heavy (non-hydrogen) atoms. The first kappa shape index (κ1) is 4.13. The minimum absolute atomic E-state index is 0.0596. The molecular formula is C7H8O2S. The molecule has 3 heteroatoms. The van der Waals surface area contributed by atoms with Crippen molar-refractivity contribution in [1.29, 1.82) is 0 Å². The van der Waals surface area contributed by atoms with Crippen molar-refractivity contribution < 1.29 is 13.6 Å². The number of ether oxygens (including phenoxy) is 1. The Labute approximate surface area is 67.7 Å². The van der Waals surface area contributed by atoms with E-state index in [1.165, 1.54) is 13.2 Å². The molecule has 0 aromatic carbocycles. The highest BCUT2D eigenvalue weighted by atomic mass is 32.1. The molecule has 0 unspecified atom stereocenters. The topological polar surface area (TPSA) is 26.3 Å². The van der Waals surface area contributed by atoms with Crippen LogP contribution < -0.4 is 0 Å². The highest BCUT2D eigenvalue weighted by Gasteiger charge is 2.08. The number of carbonyl (C=O) groups excluding carboxylic acids is 1. The van der Waals surface area contributed by atoms with Gasteiger partial charge in [-0.1, -0.05) is 0 Å². The third kappa shape index (κ3) is 1.19. The molecule has 1 aromatic heterocycles. The van der Waals surface area contributed by atoms with Crippen molar-refractivity contribution in [3.05, 3.63) is 21.9 Å². The third-order valence-corrected chi connectivity index (χ3v) is 1.93. The van der Waals surface area contributed by atoms with Gasteiger partial charge in [0.05, 0.1) is 7.11 Å². The van der Waals surface area contributed by atoms with Gasteiger partial charge in [0.2, 0.25) is 0 Å². The first-order valence-corrected chi connectivity index (χ1v) is 3.51. The fourth-order valence-corrected chi connectivity index (χ4v) is 1.27. The standard InChI is InChI=1S/C7H8O2S/c1-5-3-4-10-6(5)7(8)9-2/h3-4H,1-2H3/i1D3. The van der Waals surface area contributed by atoms with Gasteiger partial charge in [-0.15, -0.1) is 11.3 Å². The molecule has 2 nitrogen and oxygen atoms in total. The van der Waals surface area contributed by atoms with E-state index in [4.69, 9.17) is 4.11 Å². The maximum Gasteiger partial charge on any atom is 0.348 e. The highest BCUT2D eigenvalue weighted by molar-refractivity contribution is 7.12. The van der Waals surface area contributed by atoms with E-state index in [0.717, 1.165) is 11.3 Å². The lowest BCUT2D eigenvalue weighted by molar-refractivity contribution is 0.0605. The lowest BCUT2D eigenvalue weighted by Gasteiger charge is -1.94. The van der Waals surface area contributed by atoms with E-state index in [1.807, 2.05) is 0 Å². The zero-order chi connectivity index (χ0) is 10.1. The molecule has 0 aliphatic rings. The predicted molar refractivity (Wildman–Crippen MR) is 40.4 cm³/mol. The molecule has 0 spiro atoms. The van der Waals surface area contributed by atoms with E-state index in [0.29, 0.717) is 0 Å². The average molecular weight is 159 g/mol. The van der Waals surface area contributed by atoms with Crippen LogP contribution in [0.15, 0.2) is 11.4 Å². The van der Waals surface area contributed by atoms with Crippen LogP contribution in [0.2, 0.25) is 0 Å². The Morgan fingerprint density at radius 3 is 3.30 bits per heavy atom. The van der Waals surface area contributed by atoms with Gasteiger partial charge in [-0.25, -0.2) is 4.79 Å². The first-order valence-electron chi connectivity index (χ1n) is 4.13. The van der Waals surface area contributed by atoms with Gasteiger partial charge >= 0.3 is 5.97 Å². The second kappa shape index (κ2) is 2.84. The van der Waals surface area contributed by atoms with E-state index in [9.17, 15) is 4.79 Å². The van der Waals surface area contributed by atoms with Crippen LogP contribution in [0.1, 0.15) is 19.3 Å². The van der Waals surface area contributed by atoms with E-state index >= 15 is 0 Å². The number of thiophene rings is 1. The molecule has 0 N–H and O–H groups in total. The lowest BCUT2D eigenvalue weighted by Crippen LogP contribution is -1.99. The smallest absolute Gasteiger partial charge is 0.348 e. The molecule has 0 fully saturated rings. The van der Waals surface area contributed by atoms with Crippen LogP contribution in [-0.2, 0) is 4.74 Å². The summed E-state index contributed by atoms with van der Waals surface area (Å²) in [6.45, 7) is -2.25. The summed E-state index contributed by atoms with van der Waals surface area (Å²) in [7, 11) is 1.23. The number of hydrogen-bond acceptors (Lipinski definition) is 3. The molecule has 1 aromatic rings. The Morgan fingerprint density at radius 2 is 2.70 bits per heavy atom. The van der Waals surface area contributed by atoms with Crippen LogP contribution in [0.3, 0.4) is 0 Å². The highest BCUT2D eigenvalue weighted by Crippen LogP contribution is 2.15. The van der Waals surface area contributed by atoms with Crippen LogP contribution in [-0.4, -0.2) is 13.1 Å². The third-order valence-electron chi connectivity index (χ3n) is 1.04. The summed E-state index contributed by atoms with van der Waals surface area (Å²) in [5, 5.41) is 1.56. The molecule has 54 valence electrons. The summed E-state index contributed by atoms with van der Waals surface area (Å²) in [6.07, 6.45) is 0. The monoisotopic (exact) mass is 159 g/mol. The van der Waals surface area contributed by atoms with Crippen molar-refractivity contribution in [3.8, 4) is 0 Å². The number of hydrogen-bond donors (Lipinski definition) is 0. The van der Waals surface area contributed by atoms with Crippen molar-refractivity contribution in [2.45, 2.75) is 6.85 Å². The Bertz CT molecular complexity index is 316. The molecule has 1 rings (SSSR count). The molecule has 0 atom stereocenters. The summed E-state index contributed by atoms with van der Waals surface area (Å²) in [5.74, 6) is -0.596. The van der Waals surface area contributed by atoms with Gasteiger partial charge < -0.3 is 4.74 Å². The normalized spacial score (nSPS) is 15.1. The molecule has 0 radical (unpaired) electrons. The maximum absolute atomic E-state index is 11.1. The minimum Gasteiger partial charge on any atom is -0.465 e. The zero-order valence-electron chi connectivity index (χ0n) is 8.38. The Kier molecular flexibility index (Phi) is 1.17. The van der Waals surface area contributed by atoms with Gasteiger partial charge in [0.15, 0.2) is 0 Å². The van der Waals surface area contributed by atoms with Crippen LogP contribution in [0.4, 0.5) is 0 Å². The van der Waals surface area contributed by atoms with Crippen molar-refractivity contribution in [2.75, 3.05) is 7.11 Å². The SMILES string of the molecule is [2H]C([2H])([2H])c1ccsc1C(=O)OC. The lowest BCUT2D eigenvalue weighted by atomic mass is 10.3. The summed E-state index contributed by atoms with van der Waals surface area (Å²) < 4.78 is 25.8. The molecule has 0 aliphatic heterocycles. The van der Waals surface area contributed by atoms with Gasteiger partial charge in [0, 0.05) is 4.11 Å². The fraction of sp³-hybridized carbons (Fsp3) is 0.286. The Balaban J connectivity index is 3.10. The minimum atomic E-state index is -2.25. The quantitative estimate of drug-likeness (QED) is 0.584. The van der Waals surface area contributed by atoms with Gasteiger partial charge in [0.1, 0.15) is 4.88 Å². The molecule has 0 saturated heterocycles. The molecule has 0 saturated carbocycles. The van der Waals surface area contributed by atoms with Crippen molar-refractivity contribution in [2.24, 2.45) is 0 Å². The average Bonchev–Trinajstić information content (AvgIpc) is 2.49. The molecular weight excluding hydrogens is 148 g/mol. The second-order valence-electron chi connectivity index (χ2n) is 1.65. The van der Waals surface area contributed by atoms with E-state index in [2.05, 4.69) is 4.74 Å². The van der Waals surface area contributed by atoms with Crippen molar-refractivity contribution >= 4 is 17.3 Å². The van der Waals surface area contributed by atoms with Crippen LogP contribution in [0, 0.1) is 6.85 Å². The summed E-state index contributed by atoms with van der Waals surface area (Å²) in [5.41, 5.74) is 0.0596. The molecule has 1 heterocycles. The van der Waals surface area contributed by atoms with Crippen molar-refractivity contribution in [3.63, 3.8) is 0 Å². The Hall–Kier alpha value is -0.830. The summed E-state index contributed by atoms with van der Waals surface area (Å²) in [6, 6.07) is 1.42. The van der Waals surface area contributed by atoms with Gasteiger partial charge in [0.25, 0.3) is 0 Å². The predicted octanol–water partition coefficient (Wildman–Crippen LogP) is 1.84.